The molecule has 1 aliphatic heterocycles. The van der Waals surface area contributed by atoms with Crippen LogP contribution < -0.4 is 0 Å². The van der Waals surface area contributed by atoms with Gasteiger partial charge in [-0.1, -0.05) is 30.3 Å². The molecule has 0 aromatic heterocycles. The molecule has 138 valence electrons. The lowest BCUT2D eigenvalue weighted by Crippen LogP contribution is -2.36. The molecule has 1 aromatic rings. The first-order valence-electron chi connectivity index (χ1n) is 8.60. The van der Waals surface area contributed by atoms with Gasteiger partial charge in [0.15, 0.2) is 0 Å². The molecule has 6 nitrogen and oxygen atoms in total. The number of hydrogen-bond acceptors (Lipinski definition) is 5. The maximum Gasteiger partial charge on any atom is 0.410 e. The van der Waals surface area contributed by atoms with E-state index >= 15 is 0 Å². The van der Waals surface area contributed by atoms with Gasteiger partial charge in [-0.05, 0) is 33.3 Å². The van der Waals surface area contributed by atoms with E-state index in [4.69, 9.17) is 14.2 Å². The van der Waals surface area contributed by atoms with E-state index in [0.29, 0.717) is 19.8 Å². The summed E-state index contributed by atoms with van der Waals surface area (Å²) in [7, 11) is 0. The minimum atomic E-state index is -0.584. The number of nitrogens with zero attached hydrogens (tertiary/aromatic N) is 1. The third-order valence-corrected chi connectivity index (χ3v) is 3.81. The van der Waals surface area contributed by atoms with Crippen molar-refractivity contribution < 1.29 is 23.8 Å². The van der Waals surface area contributed by atoms with Crippen LogP contribution in [-0.4, -0.2) is 48.4 Å². The maximum absolute atomic E-state index is 12.3. The zero-order valence-electron chi connectivity index (χ0n) is 15.4. The summed E-state index contributed by atoms with van der Waals surface area (Å²) in [4.78, 5) is 26.1. The van der Waals surface area contributed by atoms with Gasteiger partial charge < -0.3 is 19.1 Å². The van der Waals surface area contributed by atoms with E-state index in [0.717, 1.165) is 5.56 Å². The molecule has 0 unspecified atom stereocenters. The molecular formula is C19H27NO5. The van der Waals surface area contributed by atoms with Gasteiger partial charge in [-0.2, -0.15) is 0 Å². The minimum absolute atomic E-state index is 0.243. The van der Waals surface area contributed by atoms with Crippen molar-refractivity contribution in [2.45, 2.75) is 46.0 Å². The van der Waals surface area contributed by atoms with Gasteiger partial charge in [0.05, 0.1) is 25.9 Å². The fourth-order valence-electron chi connectivity index (χ4n) is 2.67. The molecule has 6 heteroatoms. The zero-order chi connectivity index (χ0) is 18.4. The predicted molar refractivity (Wildman–Crippen MR) is 92.9 cm³/mol. The Bertz CT molecular complexity index is 581. The number of amides is 1. The van der Waals surface area contributed by atoms with Gasteiger partial charge >= 0.3 is 12.1 Å². The van der Waals surface area contributed by atoms with E-state index in [1.807, 2.05) is 51.1 Å². The Morgan fingerprint density at radius 2 is 1.84 bits per heavy atom. The molecule has 1 heterocycles. The molecule has 1 fully saturated rings. The van der Waals surface area contributed by atoms with Crippen molar-refractivity contribution in [3.8, 4) is 0 Å². The SMILES string of the molecule is CCOC(=O)[C@@H]1CN(C(=O)OC(C)(C)C)C[C@H]1OCc1ccccc1. The van der Waals surface area contributed by atoms with Crippen molar-refractivity contribution in [2.75, 3.05) is 19.7 Å². The van der Waals surface area contributed by atoms with E-state index in [1.165, 1.54) is 4.90 Å². The summed E-state index contributed by atoms with van der Waals surface area (Å²) in [6, 6.07) is 9.72. The largest absolute Gasteiger partial charge is 0.466 e. The van der Waals surface area contributed by atoms with E-state index < -0.39 is 23.7 Å². The van der Waals surface area contributed by atoms with Gasteiger partial charge in [-0.15, -0.1) is 0 Å². The number of likely N-dealkylation sites (tertiary alicyclic amines) is 1. The molecule has 2 rings (SSSR count). The van der Waals surface area contributed by atoms with Crippen LogP contribution in [0.1, 0.15) is 33.3 Å². The Morgan fingerprint density at radius 3 is 2.44 bits per heavy atom. The highest BCUT2D eigenvalue weighted by atomic mass is 16.6. The number of esters is 1. The monoisotopic (exact) mass is 349 g/mol. The van der Waals surface area contributed by atoms with Crippen molar-refractivity contribution in [3.05, 3.63) is 35.9 Å². The normalized spacial score (nSPS) is 20.4. The van der Waals surface area contributed by atoms with Crippen LogP contribution in [0.3, 0.4) is 0 Å². The molecule has 2 atom stereocenters. The average Bonchev–Trinajstić information content (AvgIpc) is 2.97. The molecule has 1 aromatic carbocycles. The highest BCUT2D eigenvalue weighted by Crippen LogP contribution is 2.24. The third-order valence-electron chi connectivity index (χ3n) is 3.81. The van der Waals surface area contributed by atoms with Crippen molar-refractivity contribution >= 4 is 12.1 Å². The summed E-state index contributed by atoms with van der Waals surface area (Å²) in [5.74, 6) is -0.845. The molecule has 0 radical (unpaired) electrons. The van der Waals surface area contributed by atoms with E-state index in [1.54, 1.807) is 6.92 Å². The number of rotatable bonds is 5. The number of ether oxygens (including phenoxy) is 3. The Hall–Kier alpha value is -2.08. The van der Waals surface area contributed by atoms with Crippen LogP contribution in [0.5, 0.6) is 0 Å². The number of carbonyl (C=O) groups excluding carboxylic acids is 2. The van der Waals surface area contributed by atoms with Crippen LogP contribution >= 0.6 is 0 Å². The van der Waals surface area contributed by atoms with Crippen LogP contribution in [0.15, 0.2) is 30.3 Å². The number of carbonyl (C=O) groups is 2. The van der Waals surface area contributed by atoms with Gasteiger partial charge in [0.1, 0.15) is 11.5 Å². The quantitative estimate of drug-likeness (QED) is 0.765. The Kier molecular flexibility index (Phi) is 6.42. The molecule has 1 amide bonds. The lowest BCUT2D eigenvalue weighted by molar-refractivity contribution is -0.151. The summed E-state index contributed by atoms with van der Waals surface area (Å²) >= 11 is 0. The molecule has 0 bridgehead atoms. The van der Waals surface area contributed by atoms with E-state index in [2.05, 4.69) is 0 Å². The minimum Gasteiger partial charge on any atom is -0.466 e. The Balaban J connectivity index is 2.03. The van der Waals surface area contributed by atoms with Crippen molar-refractivity contribution in [1.82, 2.24) is 4.90 Å². The van der Waals surface area contributed by atoms with Gasteiger partial charge in [0.2, 0.25) is 0 Å². The lowest BCUT2D eigenvalue weighted by Gasteiger charge is -2.24. The predicted octanol–water partition coefficient (Wildman–Crippen LogP) is 3.00. The van der Waals surface area contributed by atoms with Crippen LogP contribution in [-0.2, 0) is 25.6 Å². The molecule has 1 saturated heterocycles. The molecule has 1 aliphatic rings. The van der Waals surface area contributed by atoms with Gasteiger partial charge in [-0.25, -0.2) is 4.79 Å². The van der Waals surface area contributed by atoms with Gasteiger partial charge in [0.25, 0.3) is 0 Å². The van der Waals surface area contributed by atoms with Crippen LogP contribution in [0, 0.1) is 5.92 Å². The summed E-state index contributed by atoms with van der Waals surface area (Å²) in [6.45, 7) is 8.43. The summed E-state index contributed by atoms with van der Waals surface area (Å²) in [5.41, 5.74) is 0.431. The Labute approximate surface area is 149 Å². The average molecular weight is 349 g/mol. The fraction of sp³-hybridized carbons (Fsp3) is 0.579. The lowest BCUT2D eigenvalue weighted by atomic mass is 10.1. The first-order chi connectivity index (χ1) is 11.8. The third kappa shape index (κ3) is 5.74. The second kappa shape index (κ2) is 8.34. The molecule has 25 heavy (non-hydrogen) atoms. The Morgan fingerprint density at radius 1 is 1.16 bits per heavy atom. The van der Waals surface area contributed by atoms with E-state index in [-0.39, 0.29) is 12.5 Å². The number of benzene rings is 1. The second-order valence-corrected chi connectivity index (χ2v) is 7.08. The fourth-order valence-corrected chi connectivity index (χ4v) is 2.67. The highest BCUT2D eigenvalue weighted by molar-refractivity contribution is 5.76. The summed E-state index contributed by atoms with van der Waals surface area (Å²) in [5, 5.41) is 0. The topological polar surface area (TPSA) is 65.1 Å². The van der Waals surface area contributed by atoms with Crippen molar-refractivity contribution in [1.29, 1.82) is 0 Å². The van der Waals surface area contributed by atoms with Crippen LogP contribution in [0.4, 0.5) is 4.79 Å². The van der Waals surface area contributed by atoms with Crippen LogP contribution in [0.2, 0.25) is 0 Å². The van der Waals surface area contributed by atoms with Crippen molar-refractivity contribution in [3.63, 3.8) is 0 Å². The molecule has 0 saturated carbocycles. The van der Waals surface area contributed by atoms with E-state index in [9.17, 15) is 9.59 Å². The zero-order valence-corrected chi connectivity index (χ0v) is 15.4. The van der Waals surface area contributed by atoms with Gasteiger partial charge in [-0.3, -0.25) is 4.79 Å². The van der Waals surface area contributed by atoms with Crippen molar-refractivity contribution in [2.24, 2.45) is 5.92 Å². The molecular weight excluding hydrogens is 322 g/mol. The highest BCUT2D eigenvalue weighted by Gasteiger charge is 2.42. The molecule has 0 N–H and O–H groups in total. The summed E-state index contributed by atoms with van der Waals surface area (Å²) in [6.07, 6.45) is -0.848. The standard InChI is InChI=1S/C19H27NO5/c1-5-23-17(21)15-11-20(18(22)25-19(2,3)4)12-16(15)24-13-14-9-7-6-8-10-14/h6-10,15-16H,5,11-13H2,1-4H3/t15-,16-/m1/s1. The first-order valence-corrected chi connectivity index (χ1v) is 8.60. The second-order valence-electron chi connectivity index (χ2n) is 7.08. The van der Waals surface area contributed by atoms with Crippen LogP contribution in [0.25, 0.3) is 0 Å². The smallest absolute Gasteiger partial charge is 0.410 e. The van der Waals surface area contributed by atoms with Gasteiger partial charge in [0, 0.05) is 6.54 Å². The number of hydrogen-bond donors (Lipinski definition) is 0. The maximum atomic E-state index is 12.3. The summed E-state index contributed by atoms with van der Waals surface area (Å²) < 4.78 is 16.5. The molecule has 0 aliphatic carbocycles. The first kappa shape index (κ1) is 19.2. The molecule has 0 spiro atoms.